The minimum Gasteiger partial charge on any atom is -0.379 e. The Kier molecular flexibility index (Phi) is 11.4. The Morgan fingerprint density at radius 1 is 1.18 bits per heavy atom. The highest BCUT2D eigenvalue weighted by Crippen LogP contribution is 1.90. The van der Waals surface area contributed by atoms with E-state index in [2.05, 4.69) is 12.2 Å². The highest BCUT2D eigenvalue weighted by atomic mass is 16.5. The summed E-state index contributed by atoms with van der Waals surface area (Å²) in [5.41, 5.74) is 5.25. The first-order chi connectivity index (χ1) is 8.22. The number of carbonyl (C=O) groups is 1. The molecule has 0 rings (SSSR count). The molecule has 0 aliphatic rings. The minimum atomic E-state index is -0.398. The molecule has 0 heterocycles. The number of nitrogens with two attached hydrogens (primary N) is 1. The van der Waals surface area contributed by atoms with Crippen molar-refractivity contribution in [1.29, 1.82) is 0 Å². The highest BCUT2D eigenvalue weighted by molar-refractivity contribution is 5.79. The number of rotatable bonds is 12. The fourth-order valence-electron chi connectivity index (χ4n) is 1.23. The molecule has 1 atom stereocenters. The maximum Gasteiger partial charge on any atom is 0.236 e. The van der Waals surface area contributed by atoms with E-state index in [-0.39, 0.29) is 5.91 Å². The number of hydrogen-bond donors (Lipinski definition) is 2. The van der Waals surface area contributed by atoms with Crippen molar-refractivity contribution in [3.63, 3.8) is 0 Å². The quantitative estimate of drug-likeness (QED) is 0.496. The third-order valence-corrected chi connectivity index (χ3v) is 2.28. The molecule has 1 amide bonds. The average Bonchev–Trinajstić information content (AvgIpc) is 2.31. The zero-order valence-corrected chi connectivity index (χ0v) is 11.0. The van der Waals surface area contributed by atoms with Crippen LogP contribution in [0.25, 0.3) is 0 Å². The average molecular weight is 246 g/mol. The third-order valence-electron chi connectivity index (χ3n) is 2.28. The van der Waals surface area contributed by atoms with Gasteiger partial charge in [-0.1, -0.05) is 20.3 Å². The van der Waals surface area contributed by atoms with Gasteiger partial charge in [0.25, 0.3) is 0 Å². The molecule has 0 spiro atoms. The van der Waals surface area contributed by atoms with E-state index in [0.29, 0.717) is 19.8 Å². The summed E-state index contributed by atoms with van der Waals surface area (Å²) in [5, 5.41) is 3.04. The summed E-state index contributed by atoms with van der Waals surface area (Å²) >= 11 is 0. The van der Waals surface area contributed by atoms with E-state index in [0.717, 1.165) is 32.4 Å². The van der Waals surface area contributed by atoms with E-state index in [1.165, 1.54) is 0 Å². The van der Waals surface area contributed by atoms with E-state index in [1.807, 2.05) is 6.92 Å². The molecule has 0 aliphatic carbocycles. The van der Waals surface area contributed by atoms with Crippen molar-refractivity contribution in [3.05, 3.63) is 0 Å². The van der Waals surface area contributed by atoms with Gasteiger partial charge >= 0.3 is 0 Å². The van der Waals surface area contributed by atoms with Crippen molar-refractivity contribution in [2.75, 3.05) is 33.0 Å². The molecule has 1 unspecified atom stereocenters. The van der Waals surface area contributed by atoms with Gasteiger partial charge in [0.2, 0.25) is 5.91 Å². The van der Waals surface area contributed by atoms with Gasteiger partial charge in [0, 0.05) is 6.61 Å². The van der Waals surface area contributed by atoms with Gasteiger partial charge in [-0.3, -0.25) is 4.79 Å². The standard InChI is InChI=1S/C12H26N2O3/c1-3-5-7-16-8-9-17-10-11(12(13)15)14-6-4-2/h11,14H,3-10H2,1-2H3,(H2,13,15). The lowest BCUT2D eigenvalue weighted by Crippen LogP contribution is -2.45. The SMILES string of the molecule is CCCCOCCOCC(NCCC)C(N)=O. The lowest BCUT2D eigenvalue weighted by atomic mass is 10.3. The van der Waals surface area contributed by atoms with Gasteiger partial charge in [-0.15, -0.1) is 0 Å². The van der Waals surface area contributed by atoms with Crippen molar-refractivity contribution in [2.24, 2.45) is 5.73 Å². The molecule has 0 aromatic heterocycles. The summed E-state index contributed by atoms with van der Waals surface area (Å²) in [6.07, 6.45) is 3.16. The molecule has 3 N–H and O–H groups in total. The first-order valence-corrected chi connectivity index (χ1v) is 6.40. The second kappa shape index (κ2) is 11.8. The maximum absolute atomic E-state index is 11.1. The number of amides is 1. The molecule has 102 valence electrons. The number of hydrogen-bond acceptors (Lipinski definition) is 4. The van der Waals surface area contributed by atoms with Crippen molar-refractivity contribution in [3.8, 4) is 0 Å². The Balaban J connectivity index is 3.44. The Morgan fingerprint density at radius 2 is 1.88 bits per heavy atom. The summed E-state index contributed by atoms with van der Waals surface area (Å²) in [5.74, 6) is -0.370. The van der Waals surface area contributed by atoms with E-state index >= 15 is 0 Å². The molecule has 0 bridgehead atoms. The normalized spacial score (nSPS) is 12.6. The van der Waals surface area contributed by atoms with Crippen LogP contribution >= 0.6 is 0 Å². The van der Waals surface area contributed by atoms with Crippen LogP contribution < -0.4 is 11.1 Å². The van der Waals surface area contributed by atoms with Crippen molar-refractivity contribution in [1.82, 2.24) is 5.32 Å². The molecule has 0 aromatic carbocycles. The van der Waals surface area contributed by atoms with Gasteiger partial charge in [0.1, 0.15) is 6.04 Å². The van der Waals surface area contributed by atoms with E-state index in [9.17, 15) is 4.79 Å². The van der Waals surface area contributed by atoms with Gasteiger partial charge in [0.05, 0.1) is 19.8 Å². The molecule has 0 saturated heterocycles. The summed E-state index contributed by atoms with van der Waals surface area (Å²) in [7, 11) is 0. The van der Waals surface area contributed by atoms with E-state index < -0.39 is 6.04 Å². The zero-order chi connectivity index (χ0) is 12.9. The fraction of sp³-hybridized carbons (Fsp3) is 0.917. The molecule has 0 fully saturated rings. The van der Waals surface area contributed by atoms with Crippen molar-refractivity contribution in [2.45, 2.75) is 39.2 Å². The van der Waals surface area contributed by atoms with Crippen molar-refractivity contribution < 1.29 is 14.3 Å². The molecule has 17 heavy (non-hydrogen) atoms. The lowest BCUT2D eigenvalue weighted by molar-refractivity contribution is -0.121. The number of unbranched alkanes of at least 4 members (excludes halogenated alkanes) is 1. The van der Waals surface area contributed by atoms with E-state index in [1.54, 1.807) is 0 Å². The molecule has 0 aliphatic heterocycles. The minimum absolute atomic E-state index is 0.312. The van der Waals surface area contributed by atoms with Crippen LogP contribution in [0.15, 0.2) is 0 Å². The van der Waals surface area contributed by atoms with Crippen molar-refractivity contribution >= 4 is 5.91 Å². The van der Waals surface area contributed by atoms with Crippen LogP contribution in [0.1, 0.15) is 33.1 Å². The highest BCUT2D eigenvalue weighted by Gasteiger charge is 2.13. The summed E-state index contributed by atoms with van der Waals surface area (Å²) < 4.78 is 10.7. The Morgan fingerprint density at radius 3 is 2.47 bits per heavy atom. The second-order valence-corrected chi connectivity index (χ2v) is 3.95. The van der Waals surface area contributed by atoms with Crippen LogP contribution in [0.2, 0.25) is 0 Å². The molecule has 5 heteroatoms. The largest absolute Gasteiger partial charge is 0.379 e. The van der Waals surface area contributed by atoms with Crippen LogP contribution in [-0.4, -0.2) is 44.9 Å². The topological polar surface area (TPSA) is 73.6 Å². The smallest absolute Gasteiger partial charge is 0.236 e. The van der Waals surface area contributed by atoms with Crippen LogP contribution in [-0.2, 0) is 14.3 Å². The van der Waals surface area contributed by atoms with Crippen LogP contribution in [0.4, 0.5) is 0 Å². The van der Waals surface area contributed by atoms with E-state index in [4.69, 9.17) is 15.2 Å². The number of ether oxygens (including phenoxy) is 2. The summed E-state index contributed by atoms with van der Waals surface area (Å²) in [6.45, 7) is 7.08. The first kappa shape index (κ1) is 16.4. The Bertz CT molecular complexity index is 189. The third kappa shape index (κ3) is 10.2. The summed E-state index contributed by atoms with van der Waals surface area (Å²) in [6, 6.07) is -0.398. The summed E-state index contributed by atoms with van der Waals surface area (Å²) in [4.78, 5) is 11.1. The maximum atomic E-state index is 11.1. The van der Waals surface area contributed by atoms with Gasteiger partial charge in [-0.25, -0.2) is 0 Å². The van der Waals surface area contributed by atoms with Gasteiger partial charge in [-0.2, -0.15) is 0 Å². The molecule has 5 nitrogen and oxygen atoms in total. The molecular formula is C12H26N2O3. The Hall–Kier alpha value is -0.650. The zero-order valence-electron chi connectivity index (χ0n) is 11.0. The number of nitrogens with one attached hydrogen (secondary N) is 1. The number of carbonyl (C=O) groups excluding carboxylic acids is 1. The van der Waals surface area contributed by atoms with Crippen LogP contribution in [0.5, 0.6) is 0 Å². The van der Waals surface area contributed by atoms with Gasteiger partial charge in [0.15, 0.2) is 0 Å². The molecular weight excluding hydrogens is 220 g/mol. The van der Waals surface area contributed by atoms with Gasteiger partial charge in [-0.05, 0) is 19.4 Å². The monoisotopic (exact) mass is 246 g/mol. The molecule has 0 radical (unpaired) electrons. The van der Waals surface area contributed by atoms with Gasteiger partial charge < -0.3 is 20.5 Å². The number of primary amides is 1. The van der Waals surface area contributed by atoms with Crippen LogP contribution in [0.3, 0.4) is 0 Å². The first-order valence-electron chi connectivity index (χ1n) is 6.40. The second-order valence-electron chi connectivity index (χ2n) is 3.95. The lowest BCUT2D eigenvalue weighted by Gasteiger charge is -2.15. The van der Waals surface area contributed by atoms with Crippen LogP contribution in [0, 0.1) is 0 Å². The predicted molar refractivity (Wildman–Crippen MR) is 67.8 cm³/mol. The Labute approximate surface area is 104 Å². The molecule has 0 aromatic rings. The fourth-order valence-corrected chi connectivity index (χ4v) is 1.23. The predicted octanol–water partition coefficient (Wildman–Crippen LogP) is 0.673. The molecule has 0 saturated carbocycles.